The van der Waals surface area contributed by atoms with Gasteiger partial charge in [-0.3, -0.25) is 4.79 Å². The van der Waals surface area contributed by atoms with Gasteiger partial charge in [0.05, 0.1) is 11.6 Å². The second kappa shape index (κ2) is 6.48. The Hall–Kier alpha value is -2.67. The molecule has 0 fully saturated rings. The molecule has 0 bridgehead atoms. The quantitative estimate of drug-likeness (QED) is 0.838. The first-order chi connectivity index (χ1) is 9.69. The summed E-state index contributed by atoms with van der Waals surface area (Å²) in [7, 11) is 0. The third-order valence-corrected chi connectivity index (χ3v) is 2.73. The largest absolute Gasteiger partial charge is 0.486 e. The molecule has 0 saturated heterocycles. The van der Waals surface area contributed by atoms with Crippen LogP contribution in [0.4, 0.5) is 4.39 Å². The summed E-state index contributed by atoms with van der Waals surface area (Å²) in [5.74, 6) is -0.0930. The highest BCUT2D eigenvalue weighted by molar-refractivity contribution is 5.82. The zero-order valence-electron chi connectivity index (χ0n) is 10.7. The van der Waals surface area contributed by atoms with Crippen LogP contribution in [0, 0.1) is 17.1 Å². The molecule has 0 aromatic heterocycles. The number of carbonyl (C=O) groups is 1. The molecule has 0 heterocycles. The number of rotatable bonds is 5. The molecule has 0 atom stereocenters. The van der Waals surface area contributed by atoms with E-state index in [2.05, 4.69) is 0 Å². The van der Waals surface area contributed by atoms with E-state index in [-0.39, 0.29) is 24.6 Å². The predicted octanol–water partition coefficient (Wildman–Crippen LogP) is 2.89. The number of ether oxygens (including phenoxy) is 1. The van der Waals surface area contributed by atoms with Crippen LogP contribution in [0.3, 0.4) is 0 Å². The summed E-state index contributed by atoms with van der Waals surface area (Å²) in [4.78, 5) is 11.7. The van der Waals surface area contributed by atoms with Gasteiger partial charge in [-0.2, -0.15) is 5.26 Å². The highest BCUT2D eigenvalue weighted by Gasteiger charge is 2.08. The second-order valence-corrected chi connectivity index (χ2v) is 4.23. The molecular weight excluding hydrogens is 257 g/mol. The number of benzene rings is 2. The molecule has 0 spiro atoms. The fraction of sp³-hybridized carbons (Fsp3) is 0.125. The SMILES string of the molecule is N#Cc1ccc(OCC(=O)Cc2ccccc2F)cc1. The zero-order valence-corrected chi connectivity index (χ0v) is 10.7. The molecule has 0 radical (unpaired) electrons. The number of hydrogen-bond acceptors (Lipinski definition) is 3. The molecule has 2 aromatic rings. The minimum Gasteiger partial charge on any atom is -0.486 e. The fourth-order valence-corrected chi connectivity index (χ4v) is 1.69. The van der Waals surface area contributed by atoms with Gasteiger partial charge in [-0.1, -0.05) is 18.2 Å². The fourth-order valence-electron chi connectivity index (χ4n) is 1.69. The lowest BCUT2D eigenvalue weighted by atomic mass is 10.1. The number of ketones is 1. The molecule has 0 aliphatic carbocycles. The van der Waals surface area contributed by atoms with Crippen molar-refractivity contribution in [3.05, 3.63) is 65.5 Å². The van der Waals surface area contributed by atoms with Crippen LogP contribution < -0.4 is 4.74 Å². The molecule has 2 rings (SSSR count). The van der Waals surface area contributed by atoms with Gasteiger partial charge in [0.1, 0.15) is 18.2 Å². The zero-order chi connectivity index (χ0) is 14.4. The van der Waals surface area contributed by atoms with Crippen LogP contribution in [0.1, 0.15) is 11.1 Å². The molecule has 0 amide bonds. The van der Waals surface area contributed by atoms with E-state index < -0.39 is 0 Å². The Kier molecular flexibility index (Phi) is 4.46. The van der Waals surface area contributed by atoms with Crippen molar-refractivity contribution in [3.8, 4) is 11.8 Å². The van der Waals surface area contributed by atoms with E-state index >= 15 is 0 Å². The third-order valence-electron chi connectivity index (χ3n) is 2.73. The van der Waals surface area contributed by atoms with Crippen LogP contribution >= 0.6 is 0 Å². The van der Waals surface area contributed by atoms with Crippen molar-refractivity contribution in [2.45, 2.75) is 6.42 Å². The highest BCUT2D eigenvalue weighted by atomic mass is 19.1. The number of Topliss-reactive ketones (excluding diaryl/α,β-unsaturated/α-hetero) is 1. The smallest absolute Gasteiger partial charge is 0.174 e. The van der Waals surface area contributed by atoms with Crippen molar-refractivity contribution in [1.82, 2.24) is 0 Å². The Morgan fingerprint density at radius 1 is 1.15 bits per heavy atom. The lowest BCUT2D eigenvalue weighted by Crippen LogP contribution is -2.14. The van der Waals surface area contributed by atoms with Gasteiger partial charge in [0.2, 0.25) is 0 Å². The van der Waals surface area contributed by atoms with Gasteiger partial charge in [-0.25, -0.2) is 4.39 Å². The molecule has 3 nitrogen and oxygen atoms in total. The Balaban J connectivity index is 1.89. The summed E-state index contributed by atoms with van der Waals surface area (Å²) in [5, 5.41) is 8.66. The normalized spacial score (nSPS) is 9.80. The van der Waals surface area contributed by atoms with Crippen molar-refractivity contribution in [2.24, 2.45) is 0 Å². The first-order valence-electron chi connectivity index (χ1n) is 6.07. The molecule has 20 heavy (non-hydrogen) atoms. The van der Waals surface area contributed by atoms with Crippen LogP contribution in [0.2, 0.25) is 0 Å². The number of carbonyl (C=O) groups excluding carboxylic acids is 1. The van der Waals surface area contributed by atoms with Crippen LogP contribution in [-0.2, 0) is 11.2 Å². The van der Waals surface area contributed by atoms with Crippen LogP contribution in [-0.4, -0.2) is 12.4 Å². The monoisotopic (exact) mass is 269 g/mol. The topological polar surface area (TPSA) is 50.1 Å². The lowest BCUT2D eigenvalue weighted by Gasteiger charge is -2.06. The van der Waals surface area contributed by atoms with Crippen LogP contribution in [0.25, 0.3) is 0 Å². The van der Waals surface area contributed by atoms with Gasteiger partial charge in [0, 0.05) is 6.42 Å². The van der Waals surface area contributed by atoms with Crippen molar-refractivity contribution >= 4 is 5.78 Å². The Bertz CT molecular complexity index is 644. The molecule has 2 aromatic carbocycles. The minimum atomic E-state index is -0.390. The van der Waals surface area contributed by atoms with Gasteiger partial charge in [0.25, 0.3) is 0 Å². The van der Waals surface area contributed by atoms with E-state index in [1.54, 1.807) is 42.5 Å². The maximum atomic E-state index is 13.4. The van der Waals surface area contributed by atoms with E-state index in [0.717, 1.165) is 0 Å². The van der Waals surface area contributed by atoms with E-state index in [1.165, 1.54) is 6.07 Å². The lowest BCUT2D eigenvalue weighted by molar-refractivity contribution is -0.120. The Labute approximate surface area is 116 Å². The molecule has 0 aliphatic heterocycles. The number of halogens is 1. The number of nitriles is 1. The van der Waals surface area contributed by atoms with E-state index in [1.807, 2.05) is 6.07 Å². The van der Waals surface area contributed by atoms with Crippen LogP contribution in [0.5, 0.6) is 5.75 Å². The van der Waals surface area contributed by atoms with E-state index in [9.17, 15) is 9.18 Å². The summed E-state index contributed by atoms with van der Waals surface area (Å²) < 4.78 is 18.7. The summed E-state index contributed by atoms with van der Waals surface area (Å²) in [5.41, 5.74) is 0.885. The molecule has 0 unspecified atom stereocenters. The van der Waals surface area contributed by atoms with Crippen molar-refractivity contribution in [2.75, 3.05) is 6.61 Å². The van der Waals surface area contributed by atoms with E-state index in [4.69, 9.17) is 10.00 Å². The first-order valence-corrected chi connectivity index (χ1v) is 6.07. The standard InChI is InChI=1S/C16H12FNO2/c17-16-4-2-1-3-13(16)9-14(19)11-20-15-7-5-12(10-18)6-8-15/h1-8H,9,11H2. The maximum Gasteiger partial charge on any atom is 0.174 e. The molecular formula is C16H12FNO2. The highest BCUT2D eigenvalue weighted by Crippen LogP contribution is 2.12. The number of nitrogens with zero attached hydrogens (tertiary/aromatic N) is 1. The third kappa shape index (κ3) is 3.66. The van der Waals surface area contributed by atoms with Crippen molar-refractivity contribution in [1.29, 1.82) is 5.26 Å². The minimum absolute atomic E-state index is 0.00293. The van der Waals surface area contributed by atoms with Crippen molar-refractivity contribution in [3.63, 3.8) is 0 Å². The molecule has 100 valence electrons. The summed E-state index contributed by atoms with van der Waals surface area (Å²) >= 11 is 0. The average Bonchev–Trinajstić information content (AvgIpc) is 2.48. The van der Waals surface area contributed by atoms with Gasteiger partial charge < -0.3 is 4.74 Å². The van der Waals surface area contributed by atoms with Gasteiger partial charge in [-0.15, -0.1) is 0 Å². The Morgan fingerprint density at radius 2 is 1.85 bits per heavy atom. The molecule has 0 aliphatic rings. The summed E-state index contributed by atoms with van der Waals surface area (Å²) in [6, 6.07) is 14.6. The molecule has 4 heteroatoms. The van der Waals surface area contributed by atoms with Gasteiger partial charge in [0.15, 0.2) is 5.78 Å². The van der Waals surface area contributed by atoms with Crippen molar-refractivity contribution < 1.29 is 13.9 Å². The molecule has 0 N–H and O–H groups in total. The Morgan fingerprint density at radius 3 is 2.50 bits per heavy atom. The van der Waals surface area contributed by atoms with Gasteiger partial charge >= 0.3 is 0 Å². The summed E-state index contributed by atoms with van der Waals surface area (Å²) in [6.45, 7) is -0.125. The van der Waals surface area contributed by atoms with Crippen LogP contribution in [0.15, 0.2) is 48.5 Å². The first kappa shape index (κ1) is 13.8. The maximum absolute atomic E-state index is 13.4. The predicted molar refractivity (Wildman–Crippen MR) is 71.8 cm³/mol. The van der Waals surface area contributed by atoms with E-state index in [0.29, 0.717) is 16.9 Å². The number of hydrogen-bond donors (Lipinski definition) is 0. The summed E-state index contributed by atoms with van der Waals surface area (Å²) in [6.07, 6.45) is 0.00293. The second-order valence-electron chi connectivity index (χ2n) is 4.23. The average molecular weight is 269 g/mol. The molecule has 0 saturated carbocycles. The van der Waals surface area contributed by atoms with Gasteiger partial charge in [-0.05, 0) is 35.9 Å².